The fraction of sp³-hybridized carbons (Fsp3) is 0.500. The minimum absolute atomic E-state index is 0.338. The van der Waals surface area contributed by atoms with Crippen LogP contribution in [0.3, 0.4) is 0 Å². The van der Waals surface area contributed by atoms with Gasteiger partial charge in [0.25, 0.3) is 0 Å². The van der Waals surface area contributed by atoms with Gasteiger partial charge in [0, 0.05) is 6.20 Å². The normalized spacial score (nSPS) is 31.2. The van der Waals surface area contributed by atoms with Crippen LogP contribution < -0.4 is 16.4 Å². The lowest BCUT2D eigenvalue weighted by molar-refractivity contribution is 0.494. The summed E-state index contributed by atoms with van der Waals surface area (Å²) in [5.74, 6) is 0.444. The largest absolute Gasteiger partial charge is 0.370 e. The van der Waals surface area contributed by atoms with E-state index < -0.39 is 0 Å². The maximum absolute atomic E-state index is 5.43. The van der Waals surface area contributed by atoms with Gasteiger partial charge in [-0.15, -0.1) is 0 Å². The van der Waals surface area contributed by atoms with Gasteiger partial charge in [-0.05, 0) is 20.0 Å². The Bertz CT molecular complexity index is 184. The van der Waals surface area contributed by atoms with Gasteiger partial charge in [0.1, 0.15) is 5.66 Å². The molecule has 4 nitrogen and oxygen atoms in total. The summed E-state index contributed by atoms with van der Waals surface area (Å²) in [5.41, 5.74) is 5.10. The molecule has 4 heteroatoms. The van der Waals surface area contributed by atoms with Crippen molar-refractivity contribution in [3.63, 3.8) is 0 Å². The standard InChI is InChI=1S/C6H12N4/c1-6(8-2)3-4-9-5(7)10-6/h3-4,8H,1-2H3,(H3,7,9,10). The minimum atomic E-state index is -0.338. The summed E-state index contributed by atoms with van der Waals surface area (Å²) in [6.07, 6.45) is 3.68. The molecule has 0 fully saturated rings. The first-order chi connectivity index (χ1) is 4.66. The second-order valence-corrected chi connectivity index (χ2v) is 2.37. The van der Waals surface area contributed by atoms with Crippen molar-refractivity contribution in [1.82, 2.24) is 10.6 Å². The first-order valence-corrected chi connectivity index (χ1v) is 3.15. The van der Waals surface area contributed by atoms with Gasteiger partial charge in [0.05, 0.1) is 0 Å². The van der Waals surface area contributed by atoms with E-state index in [4.69, 9.17) is 5.73 Å². The fourth-order valence-electron chi connectivity index (χ4n) is 0.748. The Morgan fingerprint density at radius 3 is 2.90 bits per heavy atom. The Morgan fingerprint density at radius 1 is 1.80 bits per heavy atom. The number of hydrogen-bond acceptors (Lipinski definition) is 4. The quantitative estimate of drug-likeness (QED) is 0.453. The molecular formula is C6H12N4. The van der Waals surface area contributed by atoms with E-state index in [1.54, 1.807) is 6.20 Å². The van der Waals surface area contributed by atoms with Crippen molar-refractivity contribution < 1.29 is 0 Å². The number of likely N-dealkylation sites (N-methyl/N-ethyl adjacent to an activating group) is 1. The van der Waals surface area contributed by atoms with E-state index in [1.807, 2.05) is 20.0 Å². The van der Waals surface area contributed by atoms with Crippen LogP contribution in [-0.4, -0.2) is 18.7 Å². The first kappa shape index (κ1) is 7.08. The summed E-state index contributed by atoms with van der Waals surface area (Å²) in [7, 11) is 1.84. The van der Waals surface area contributed by atoms with Crippen molar-refractivity contribution in [3.8, 4) is 0 Å². The van der Waals surface area contributed by atoms with Crippen molar-refractivity contribution in [3.05, 3.63) is 12.3 Å². The maximum atomic E-state index is 5.43. The molecule has 56 valence electrons. The lowest BCUT2D eigenvalue weighted by atomic mass is 10.2. The number of aliphatic imine (C=N–C) groups is 1. The molecule has 0 bridgehead atoms. The predicted octanol–water partition coefficient (Wildman–Crippen LogP) is -0.646. The molecule has 1 heterocycles. The molecule has 1 unspecified atom stereocenters. The van der Waals surface area contributed by atoms with E-state index in [0.717, 1.165) is 0 Å². The third-order valence-corrected chi connectivity index (χ3v) is 1.50. The van der Waals surface area contributed by atoms with Gasteiger partial charge in [0.15, 0.2) is 5.96 Å². The molecule has 0 aromatic carbocycles. The van der Waals surface area contributed by atoms with Crippen LogP contribution in [-0.2, 0) is 0 Å². The SMILES string of the molecule is CNC1(C)C=CNC(N)=N1. The van der Waals surface area contributed by atoms with Crippen LogP contribution in [0, 0.1) is 0 Å². The average molecular weight is 140 g/mol. The molecule has 0 saturated carbocycles. The maximum Gasteiger partial charge on any atom is 0.194 e. The van der Waals surface area contributed by atoms with E-state index in [0.29, 0.717) is 5.96 Å². The summed E-state index contributed by atoms with van der Waals surface area (Å²) in [4.78, 5) is 4.12. The molecular weight excluding hydrogens is 128 g/mol. The summed E-state index contributed by atoms with van der Waals surface area (Å²) < 4.78 is 0. The fourth-order valence-corrected chi connectivity index (χ4v) is 0.748. The van der Waals surface area contributed by atoms with Crippen LogP contribution >= 0.6 is 0 Å². The van der Waals surface area contributed by atoms with Crippen molar-refractivity contribution in [1.29, 1.82) is 0 Å². The summed E-state index contributed by atoms with van der Waals surface area (Å²) in [6, 6.07) is 0. The number of guanidine groups is 1. The van der Waals surface area contributed by atoms with Gasteiger partial charge < -0.3 is 11.1 Å². The predicted molar refractivity (Wildman–Crippen MR) is 41.4 cm³/mol. The van der Waals surface area contributed by atoms with Gasteiger partial charge in [-0.3, -0.25) is 5.32 Å². The minimum Gasteiger partial charge on any atom is -0.370 e. The lowest BCUT2D eigenvalue weighted by Crippen LogP contribution is -2.44. The van der Waals surface area contributed by atoms with Crippen molar-refractivity contribution in [2.45, 2.75) is 12.6 Å². The van der Waals surface area contributed by atoms with E-state index in [-0.39, 0.29) is 5.66 Å². The zero-order valence-electron chi connectivity index (χ0n) is 6.18. The third kappa shape index (κ3) is 1.27. The highest BCUT2D eigenvalue weighted by molar-refractivity contribution is 5.80. The first-order valence-electron chi connectivity index (χ1n) is 3.15. The molecule has 0 aromatic heterocycles. The number of nitrogens with zero attached hydrogens (tertiary/aromatic N) is 1. The third-order valence-electron chi connectivity index (χ3n) is 1.50. The highest BCUT2D eigenvalue weighted by atomic mass is 15.2. The average Bonchev–Trinajstić information content (AvgIpc) is 1.88. The Balaban J connectivity index is 2.78. The van der Waals surface area contributed by atoms with Gasteiger partial charge in [-0.1, -0.05) is 0 Å². The zero-order chi connectivity index (χ0) is 7.61. The van der Waals surface area contributed by atoms with Crippen molar-refractivity contribution in [2.24, 2.45) is 10.7 Å². The van der Waals surface area contributed by atoms with Gasteiger partial charge >= 0.3 is 0 Å². The number of nitrogens with two attached hydrogens (primary N) is 1. The molecule has 10 heavy (non-hydrogen) atoms. The van der Waals surface area contributed by atoms with Crippen LogP contribution in [0.5, 0.6) is 0 Å². The van der Waals surface area contributed by atoms with Gasteiger partial charge in [0.2, 0.25) is 0 Å². The van der Waals surface area contributed by atoms with Crippen LogP contribution in [0.4, 0.5) is 0 Å². The second kappa shape index (κ2) is 2.30. The van der Waals surface area contributed by atoms with E-state index in [1.165, 1.54) is 0 Å². The monoisotopic (exact) mass is 140 g/mol. The molecule has 4 N–H and O–H groups in total. The van der Waals surface area contributed by atoms with Crippen LogP contribution in [0.15, 0.2) is 17.3 Å². The summed E-state index contributed by atoms with van der Waals surface area (Å²) in [5, 5.41) is 5.80. The van der Waals surface area contributed by atoms with Crippen molar-refractivity contribution >= 4 is 5.96 Å². The highest BCUT2D eigenvalue weighted by Gasteiger charge is 2.18. The molecule has 0 aliphatic carbocycles. The molecule has 1 rings (SSSR count). The van der Waals surface area contributed by atoms with Gasteiger partial charge in [-0.2, -0.15) is 0 Å². The van der Waals surface area contributed by atoms with Crippen molar-refractivity contribution in [2.75, 3.05) is 7.05 Å². The molecule has 0 spiro atoms. The Kier molecular flexibility index (Phi) is 1.63. The number of hydrogen-bond donors (Lipinski definition) is 3. The molecule has 0 saturated heterocycles. The molecule has 1 atom stereocenters. The second-order valence-electron chi connectivity index (χ2n) is 2.37. The molecule has 0 radical (unpaired) electrons. The van der Waals surface area contributed by atoms with Crippen LogP contribution in [0.25, 0.3) is 0 Å². The molecule has 0 amide bonds. The molecule has 0 aromatic rings. The number of nitrogens with one attached hydrogen (secondary N) is 2. The lowest BCUT2D eigenvalue weighted by Gasteiger charge is -2.24. The number of rotatable bonds is 1. The topological polar surface area (TPSA) is 62.4 Å². The summed E-state index contributed by atoms with van der Waals surface area (Å²) in [6.45, 7) is 1.94. The van der Waals surface area contributed by atoms with Crippen LogP contribution in [0.2, 0.25) is 0 Å². The van der Waals surface area contributed by atoms with E-state index in [2.05, 4.69) is 15.6 Å². The summed E-state index contributed by atoms with van der Waals surface area (Å²) >= 11 is 0. The van der Waals surface area contributed by atoms with Gasteiger partial charge in [-0.25, -0.2) is 4.99 Å². The Hall–Kier alpha value is -1.03. The Labute approximate surface area is 60.2 Å². The zero-order valence-corrected chi connectivity index (χ0v) is 6.18. The van der Waals surface area contributed by atoms with Crippen LogP contribution in [0.1, 0.15) is 6.92 Å². The highest BCUT2D eigenvalue weighted by Crippen LogP contribution is 2.08. The van der Waals surface area contributed by atoms with E-state index in [9.17, 15) is 0 Å². The molecule has 1 aliphatic heterocycles. The molecule has 1 aliphatic rings. The smallest absolute Gasteiger partial charge is 0.194 e. The Morgan fingerprint density at radius 2 is 2.50 bits per heavy atom. The van der Waals surface area contributed by atoms with E-state index >= 15 is 0 Å².